The van der Waals surface area contributed by atoms with Gasteiger partial charge in [0.2, 0.25) is 0 Å². The molecule has 0 aliphatic carbocycles. The van der Waals surface area contributed by atoms with Crippen LogP contribution in [0.25, 0.3) is 0 Å². The van der Waals surface area contributed by atoms with Crippen LogP contribution in [0.15, 0.2) is 53.5 Å². The molecule has 20 heavy (non-hydrogen) atoms. The first-order valence-electron chi connectivity index (χ1n) is 6.16. The lowest BCUT2D eigenvalue weighted by molar-refractivity contribution is 0.0958. The SMILES string of the molecule is C=CCNC(=O)c1ccc(NCc2ccc(I)o2)cc1. The zero-order chi connectivity index (χ0) is 14.4. The molecular weight excluding hydrogens is 367 g/mol. The molecule has 2 N–H and O–H groups in total. The molecule has 1 amide bonds. The largest absolute Gasteiger partial charge is 0.454 e. The van der Waals surface area contributed by atoms with Crippen molar-refractivity contribution in [1.82, 2.24) is 5.32 Å². The molecule has 4 nitrogen and oxygen atoms in total. The lowest BCUT2D eigenvalue weighted by Crippen LogP contribution is -2.23. The van der Waals surface area contributed by atoms with Crippen LogP contribution in [0, 0.1) is 3.77 Å². The number of nitrogens with one attached hydrogen (secondary N) is 2. The Morgan fingerprint density at radius 2 is 2.00 bits per heavy atom. The van der Waals surface area contributed by atoms with Crippen molar-refractivity contribution in [2.24, 2.45) is 0 Å². The second kappa shape index (κ2) is 7.14. The van der Waals surface area contributed by atoms with Gasteiger partial charge >= 0.3 is 0 Å². The highest BCUT2D eigenvalue weighted by molar-refractivity contribution is 14.1. The molecule has 1 heterocycles. The van der Waals surface area contributed by atoms with E-state index in [9.17, 15) is 4.79 Å². The number of halogens is 1. The quantitative estimate of drug-likeness (QED) is 0.595. The minimum atomic E-state index is -0.1000. The molecule has 5 heteroatoms. The van der Waals surface area contributed by atoms with Crippen LogP contribution in [0.1, 0.15) is 16.1 Å². The van der Waals surface area contributed by atoms with E-state index in [4.69, 9.17) is 4.42 Å². The number of anilines is 1. The van der Waals surface area contributed by atoms with Crippen molar-refractivity contribution < 1.29 is 9.21 Å². The summed E-state index contributed by atoms with van der Waals surface area (Å²) in [5, 5.41) is 5.97. The van der Waals surface area contributed by atoms with Crippen LogP contribution < -0.4 is 10.6 Å². The minimum absolute atomic E-state index is 0.1000. The van der Waals surface area contributed by atoms with Gasteiger partial charge in [-0.05, 0) is 59.0 Å². The number of hydrogen-bond donors (Lipinski definition) is 2. The van der Waals surface area contributed by atoms with E-state index in [2.05, 4.69) is 39.8 Å². The van der Waals surface area contributed by atoms with Crippen molar-refractivity contribution in [2.75, 3.05) is 11.9 Å². The number of amides is 1. The molecule has 2 aromatic rings. The number of carbonyl (C=O) groups excluding carboxylic acids is 1. The van der Waals surface area contributed by atoms with Crippen molar-refractivity contribution in [2.45, 2.75) is 6.54 Å². The second-order valence-electron chi connectivity index (χ2n) is 4.14. The van der Waals surface area contributed by atoms with E-state index in [1.165, 1.54) is 0 Å². The number of furan rings is 1. The third-order valence-electron chi connectivity index (χ3n) is 2.65. The van der Waals surface area contributed by atoms with Crippen LogP contribution >= 0.6 is 22.6 Å². The maximum atomic E-state index is 11.7. The van der Waals surface area contributed by atoms with E-state index in [0.29, 0.717) is 18.7 Å². The molecule has 0 aliphatic heterocycles. The van der Waals surface area contributed by atoms with Gasteiger partial charge in [-0.3, -0.25) is 4.79 Å². The molecule has 1 aromatic carbocycles. The summed E-state index contributed by atoms with van der Waals surface area (Å²) in [6.45, 7) is 4.65. The van der Waals surface area contributed by atoms with Gasteiger partial charge in [0.15, 0.2) is 3.77 Å². The maximum Gasteiger partial charge on any atom is 0.251 e. The fourth-order valence-corrected chi connectivity index (χ4v) is 2.10. The zero-order valence-electron chi connectivity index (χ0n) is 10.9. The van der Waals surface area contributed by atoms with E-state index < -0.39 is 0 Å². The van der Waals surface area contributed by atoms with Gasteiger partial charge in [-0.2, -0.15) is 0 Å². The monoisotopic (exact) mass is 382 g/mol. The van der Waals surface area contributed by atoms with Gasteiger partial charge in [0, 0.05) is 17.8 Å². The van der Waals surface area contributed by atoms with Crippen LogP contribution in [0.3, 0.4) is 0 Å². The summed E-state index contributed by atoms with van der Waals surface area (Å²) in [5.74, 6) is 0.777. The molecule has 1 aromatic heterocycles. The summed E-state index contributed by atoms with van der Waals surface area (Å²) in [5.41, 5.74) is 1.57. The summed E-state index contributed by atoms with van der Waals surface area (Å²) in [6, 6.07) is 11.2. The first-order valence-corrected chi connectivity index (χ1v) is 7.24. The smallest absolute Gasteiger partial charge is 0.251 e. The van der Waals surface area contributed by atoms with Crippen molar-refractivity contribution in [3.63, 3.8) is 0 Å². The Kier molecular flexibility index (Phi) is 5.23. The Bertz CT molecular complexity index is 590. The van der Waals surface area contributed by atoms with E-state index in [1.807, 2.05) is 24.3 Å². The fraction of sp³-hybridized carbons (Fsp3) is 0.133. The summed E-state index contributed by atoms with van der Waals surface area (Å²) >= 11 is 2.13. The van der Waals surface area contributed by atoms with Crippen LogP contribution in [-0.4, -0.2) is 12.5 Å². The Morgan fingerprint density at radius 3 is 2.60 bits per heavy atom. The van der Waals surface area contributed by atoms with Crippen LogP contribution in [0.4, 0.5) is 5.69 Å². The van der Waals surface area contributed by atoms with Gasteiger partial charge < -0.3 is 15.1 Å². The molecule has 0 saturated heterocycles. The van der Waals surface area contributed by atoms with E-state index in [0.717, 1.165) is 15.2 Å². The number of carbonyl (C=O) groups is 1. The predicted octanol–water partition coefficient (Wildman–Crippen LogP) is 3.41. The second-order valence-corrected chi connectivity index (χ2v) is 5.20. The molecule has 0 radical (unpaired) electrons. The Labute approximate surface area is 131 Å². The fourth-order valence-electron chi connectivity index (χ4n) is 1.64. The highest BCUT2D eigenvalue weighted by Crippen LogP contribution is 2.14. The van der Waals surface area contributed by atoms with E-state index in [1.54, 1.807) is 18.2 Å². The molecule has 0 bridgehead atoms. The molecule has 0 saturated carbocycles. The third kappa shape index (κ3) is 4.12. The van der Waals surface area contributed by atoms with Crippen molar-refractivity contribution >= 4 is 34.2 Å². The molecular formula is C15H15IN2O2. The maximum absolute atomic E-state index is 11.7. The molecule has 0 aliphatic rings. The summed E-state index contributed by atoms with van der Waals surface area (Å²) in [4.78, 5) is 11.7. The lowest BCUT2D eigenvalue weighted by atomic mass is 10.2. The van der Waals surface area contributed by atoms with Crippen molar-refractivity contribution in [3.8, 4) is 0 Å². The van der Waals surface area contributed by atoms with Gasteiger partial charge in [0.25, 0.3) is 5.91 Å². The van der Waals surface area contributed by atoms with Gasteiger partial charge in [0.05, 0.1) is 6.54 Å². The van der Waals surface area contributed by atoms with Gasteiger partial charge in [-0.15, -0.1) is 6.58 Å². The van der Waals surface area contributed by atoms with Gasteiger partial charge in [-0.25, -0.2) is 0 Å². The average molecular weight is 382 g/mol. The third-order valence-corrected chi connectivity index (χ3v) is 3.23. The molecule has 0 atom stereocenters. The van der Waals surface area contributed by atoms with Gasteiger partial charge in [-0.1, -0.05) is 6.08 Å². The van der Waals surface area contributed by atoms with Crippen molar-refractivity contribution in [1.29, 1.82) is 0 Å². The first-order chi connectivity index (χ1) is 9.69. The Hall–Kier alpha value is -1.76. The topological polar surface area (TPSA) is 54.3 Å². The average Bonchev–Trinajstić information content (AvgIpc) is 2.89. The zero-order valence-corrected chi connectivity index (χ0v) is 13.0. The number of hydrogen-bond acceptors (Lipinski definition) is 3. The Morgan fingerprint density at radius 1 is 1.25 bits per heavy atom. The van der Waals surface area contributed by atoms with Gasteiger partial charge in [0.1, 0.15) is 5.76 Å². The molecule has 2 rings (SSSR count). The minimum Gasteiger partial charge on any atom is -0.454 e. The lowest BCUT2D eigenvalue weighted by Gasteiger charge is -2.06. The van der Waals surface area contributed by atoms with Crippen LogP contribution in [0.2, 0.25) is 0 Å². The normalized spacial score (nSPS) is 10.1. The van der Waals surface area contributed by atoms with E-state index in [-0.39, 0.29) is 5.91 Å². The molecule has 0 spiro atoms. The summed E-state index contributed by atoms with van der Waals surface area (Å²) in [6.07, 6.45) is 1.65. The van der Waals surface area contributed by atoms with Crippen LogP contribution in [0.5, 0.6) is 0 Å². The molecule has 104 valence electrons. The van der Waals surface area contributed by atoms with Crippen LogP contribution in [-0.2, 0) is 6.54 Å². The van der Waals surface area contributed by atoms with E-state index >= 15 is 0 Å². The molecule has 0 fully saturated rings. The molecule has 0 unspecified atom stereocenters. The highest BCUT2D eigenvalue weighted by Gasteiger charge is 2.04. The standard InChI is InChI=1S/C15H15IN2O2/c1-2-9-17-15(19)11-3-5-12(6-4-11)18-10-13-7-8-14(16)20-13/h2-8,18H,1,9-10H2,(H,17,19). The highest BCUT2D eigenvalue weighted by atomic mass is 127. The Balaban J connectivity index is 1.91. The number of rotatable bonds is 6. The predicted molar refractivity (Wildman–Crippen MR) is 87.7 cm³/mol. The summed E-state index contributed by atoms with van der Waals surface area (Å²) in [7, 11) is 0. The first kappa shape index (κ1) is 14.6. The number of benzene rings is 1. The summed E-state index contributed by atoms with van der Waals surface area (Å²) < 4.78 is 6.33. The van der Waals surface area contributed by atoms with Crippen molar-refractivity contribution in [3.05, 3.63) is 64.1 Å².